The van der Waals surface area contributed by atoms with Crippen LogP contribution >= 0.6 is 23.1 Å². The lowest BCUT2D eigenvalue weighted by atomic mass is 10.2. The molecule has 0 atom stereocenters. The van der Waals surface area contributed by atoms with E-state index < -0.39 is 9.84 Å². The number of aryl methyl sites for hydroxylation is 1. The van der Waals surface area contributed by atoms with Crippen LogP contribution in [-0.2, 0) is 9.84 Å². The summed E-state index contributed by atoms with van der Waals surface area (Å²) in [7, 11) is -3.32. The molecule has 0 saturated heterocycles. The van der Waals surface area contributed by atoms with Crippen molar-refractivity contribution in [2.75, 3.05) is 11.5 Å². The van der Waals surface area contributed by atoms with E-state index >= 15 is 0 Å². The highest BCUT2D eigenvalue weighted by atomic mass is 32.2. The summed E-state index contributed by atoms with van der Waals surface area (Å²) in [5.74, 6) is 0.438. The smallest absolute Gasteiger partial charge is 0.179 e. The van der Waals surface area contributed by atoms with Gasteiger partial charge < -0.3 is 5.73 Å². The largest absolute Gasteiger partial charge is 0.384 e. The van der Waals surface area contributed by atoms with Gasteiger partial charge in [0, 0.05) is 22.4 Å². The molecular weight excluding hydrogens is 326 g/mol. The van der Waals surface area contributed by atoms with Gasteiger partial charge >= 0.3 is 0 Å². The first-order valence-electron chi connectivity index (χ1n) is 6.10. The molecule has 0 aliphatic carbocycles. The molecule has 0 radical (unpaired) electrons. The first kappa shape index (κ1) is 16.0. The van der Waals surface area contributed by atoms with Gasteiger partial charge in [0.2, 0.25) is 0 Å². The number of rotatable bonds is 6. The van der Waals surface area contributed by atoms with E-state index in [9.17, 15) is 8.42 Å². The summed E-state index contributed by atoms with van der Waals surface area (Å²) in [5, 5.41) is 9.23. The van der Waals surface area contributed by atoms with Crippen molar-refractivity contribution in [3.8, 4) is 0 Å². The van der Waals surface area contributed by atoms with Crippen molar-refractivity contribution >= 4 is 38.8 Å². The molecule has 0 amide bonds. The fraction of sp³-hybridized carbons (Fsp3) is 0.231. The van der Waals surface area contributed by atoms with Gasteiger partial charge in [-0.2, -0.15) is 0 Å². The van der Waals surface area contributed by atoms with Crippen molar-refractivity contribution in [2.24, 2.45) is 5.73 Å². The Balaban J connectivity index is 1.99. The van der Waals surface area contributed by atoms with Crippen molar-refractivity contribution in [3.05, 3.63) is 40.9 Å². The van der Waals surface area contributed by atoms with Crippen LogP contribution in [0, 0.1) is 12.3 Å². The molecule has 0 spiro atoms. The standard InChI is InChI=1S/C13H15N3O2S3/c1-9-8-20-13(16-9)19-6-7-21(17,18)11-4-2-10(3-5-11)12(14)15/h2-5,8H,6-7H2,1H3,(H3,14,15). The second-order valence-electron chi connectivity index (χ2n) is 4.36. The summed E-state index contributed by atoms with van der Waals surface area (Å²) in [4.78, 5) is 4.54. The first-order valence-corrected chi connectivity index (χ1v) is 9.62. The molecular formula is C13H15N3O2S3. The molecule has 5 nitrogen and oxygen atoms in total. The molecule has 8 heteroatoms. The average molecular weight is 341 g/mol. The zero-order valence-corrected chi connectivity index (χ0v) is 13.8. The summed E-state index contributed by atoms with van der Waals surface area (Å²) in [6, 6.07) is 6.08. The third-order valence-electron chi connectivity index (χ3n) is 2.70. The van der Waals surface area contributed by atoms with E-state index in [1.807, 2.05) is 12.3 Å². The Labute approximate surface area is 132 Å². The summed E-state index contributed by atoms with van der Waals surface area (Å²) in [5.41, 5.74) is 6.81. The zero-order chi connectivity index (χ0) is 15.5. The molecule has 0 aliphatic rings. The summed E-state index contributed by atoms with van der Waals surface area (Å²) in [6.07, 6.45) is 0. The summed E-state index contributed by atoms with van der Waals surface area (Å²) in [6.45, 7) is 1.91. The minimum absolute atomic E-state index is 0.0513. The van der Waals surface area contributed by atoms with Gasteiger partial charge in [-0.25, -0.2) is 13.4 Å². The molecule has 2 rings (SSSR count). The number of hydrogen-bond donors (Lipinski definition) is 2. The van der Waals surface area contributed by atoms with Gasteiger partial charge in [0.25, 0.3) is 0 Å². The highest BCUT2D eigenvalue weighted by Gasteiger charge is 2.15. The number of nitrogen functional groups attached to an aromatic ring is 1. The van der Waals surface area contributed by atoms with Gasteiger partial charge in [-0.15, -0.1) is 11.3 Å². The van der Waals surface area contributed by atoms with Crippen LogP contribution in [0.15, 0.2) is 38.9 Å². The number of nitrogens with two attached hydrogens (primary N) is 1. The fourth-order valence-electron chi connectivity index (χ4n) is 1.60. The molecule has 0 fully saturated rings. The molecule has 0 bridgehead atoms. The highest BCUT2D eigenvalue weighted by molar-refractivity contribution is 8.02. The van der Waals surface area contributed by atoms with Crippen LogP contribution < -0.4 is 5.73 Å². The van der Waals surface area contributed by atoms with E-state index in [2.05, 4.69) is 4.98 Å². The predicted octanol–water partition coefficient (Wildman–Crippen LogP) is 2.30. The minimum atomic E-state index is -3.32. The zero-order valence-electron chi connectivity index (χ0n) is 11.4. The lowest BCUT2D eigenvalue weighted by Gasteiger charge is -2.05. The SMILES string of the molecule is Cc1csc(SCCS(=O)(=O)c2ccc(C(=N)N)cc2)n1. The molecule has 112 valence electrons. The van der Waals surface area contributed by atoms with Crippen LogP contribution in [-0.4, -0.2) is 30.7 Å². The molecule has 0 aliphatic heterocycles. The van der Waals surface area contributed by atoms with E-state index in [-0.39, 0.29) is 16.5 Å². The maximum Gasteiger partial charge on any atom is 0.179 e. The van der Waals surface area contributed by atoms with Crippen LogP contribution in [0.3, 0.4) is 0 Å². The Morgan fingerprint density at radius 2 is 2.05 bits per heavy atom. The molecule has 21 heavy (non-hydrogen) atoms. The van der Waals surface area contributed by atoms with Gasteiger partial charge in [-0.1, -0.05) is 23.9 Å². The Hall–Kier alpha value is -1.38. The minimum Gasteiger partial charge on any atom is -0.384 e. The average Bonchev–Trinajstić information content (AvgIpc) is 2.84. The predicted molar refractivity (Wildman–Crippen MR) is 87.1 cm³/mol. The topological polar surface area (TPSA) is 96.9 Å². The number of nitrogens with one attached hydrogen (secondary N) is 1. The normalized spacial score (nSPS) is 11.5. The molecule has 1 heterocycles. The number of nitrogens with zero attached hydrogens (tertiary/aromatic N) is 1. The molecule has 2 aromatic rings. The van der Waals surface area contributed by atoms with Gasteiger partial charge in [0.15, 0.2) is 9.84 Å². The van der Waals surface area contributed by atoms with E-state index in [0.717, 1.165) is 10.0 Å². The number of aromatic nitrogens is 1. The van der Waals surface area contributed by atoms with Crippen molar-refractivity contribution in [1.82, 2.24) is 4.98 Å². The van der Waals surface area contributed by atoms with Crippen LogP contribution in [0.1, 0.15) is 11.3 Å². The Bertz CT molecular complexity index is 736. The lowest BCUT2D eigenvalue weighted by Crippen LogP contribution is -2.12. The maximum absolute atomic E-state index is 12.2. The number of hydrogen-bond acceptors (Lipinski definition) is 6. The molecule has 1 aromatic carbocycles. The third-order valence-corrected chi connectivity index (χ3v) is 6.83. The maximum atomic E-state index is 12.2. The van der Waals surface area contributed by atoms with Crippen molar-refractivity contribution < 1.29 is 8.42 Å². The van der Waals surface area contributed by atoms with Crippen LogP contribution in [0.2, 0.25) is 0 Å². The van der Waals surface area contributed by atoms with Crippen molar-refractivity contribution in [3.63, 3.8) is 0 Å². The lowest BCUT2D eigenvalue weighted by molar-refractivity contribution is 0.597. The second kappa shape index (κ2) is 6.59. The Kier molecular flexibility index (Phi) is 5.02. The number of benzene rings is 1. The monoisotopic (exact) mass is 341 g/mol. The molecule has 0 unspecified atom stereocenters. The number of sulfone groups is 1. The van der Waals surface area contributed by atoms with E-state index in [4.69, 9.17) is 11.1 Å². The van der Waals surface area contributed by atoms with E-state index in [1.54, 1.807) is 12.1 Å². The van der Waals surface area contributed by atoms with Gasteiger partial charge in [0.05, 0.1) is 10.6 Å². The number of thiazole rings is 1. The first-order chi connectivity index (χ1) is 9.88. The Morgan fingerprint density at radius 3 is 2.57 bits per heavy atom. The van der Waals surface area contributed by atoms with Gasteiger partial charge in [-0.3, -0.25) is 5.41 Å². The van der Waals surface area contributed by atoms with Crippen LogP contribution in [0.25, 0.3) is 0 Å². The number of thioether (sulfide) groups is 1. The van der Waals surface area contributed by atoms with Crippen LogP contribution in [0.5, 0.6) is 0 Å². The third kappa shape index (κ3) is 4.29. The molecule has 3 N–H and O–H groups in total. The summed E-state index contributed by atoms with van der Waals surface area (Å²) >= 11 is 2.97. The Morgan fingerprint density at radius 1 is 1.38 bits per heavy atom. The molecule has 1 aromatic heterocycles. The quantitative estimate of drug-likeness (QED) is 0.477. The van der Waals surface area contributed by atoms with Gasteiger partial charge in [0.1, 0.15) is 10.2 Å². The fourth-order valence-corrected chi connectivity index (χ4v) is 5.16. The highest BCUT2D eigenvalue weighted by Crippen LogP contribution is 2.23. The van der Waals surface area contributed by atoms with E-state index in [1.165, 1.54) is 35.2 Å². The van der Waals surface area contributed by atoms with E-state index in [0.29, 0.717) is 11.3 Å². The number of amidine groups is 1. The van der Waals surface area contributed by atoms with Crippen molar-refractivity contribution in [1.29, 1.82) is 5.41 Å². The van der Waals surface area contributed by atoms with Crippen LogP contribution in [0.4, 0.5) is 0 Å². The van der Waals surface area contributed by atoms with Gasteiger partial charge in [-0.05, 0) is 19.1 Å². The molecule has 0 saturated carbocycles. The second-order valence-corrected chi connectivity index (χ2v) is 8.67. The van der Waals surface area contributed by atoms with Crippen molar-refractivity contribution in [2.45, 2.75) is 16.2 Å². The summed E-state index contributed by atoms with van der Waals surface area (Å²) < 4.78 is 25.3.